The Balaban J connectivity index is 1.85. The van der Waals surface area contributed by atoms with Gasteiger partial charge >= 0.3 is 6.18 Å². The van der Waals surface area contributed by atoms with Crippen LogP contribution in [0, 0.1) is 13.8 Å². The van der Waals surface area contributed by atoms with Crippen molar-refractivity contribution < 1.29 is 18.0 Å². The zero-order valence-electron chi connectivity index (χ0n) is 14.0. The van der Waals surface area contributed by atoms with Crippen molar-refractivity contribution in [1.29, 1.82) is 0 Å². The summed E-state index contributed by atoms with van der Waals surface area (Å²) in [5.41, 5.74) is 2.72. The van der Waals surface area contributed by atoms with E-state index in [0.29, 0.717) is 5.17 Å². The van der Waals surface area contributed by atoms with Crippen LogP contribution in [0.3, 0.4) is 0 Å². The van der Waals surface area contributed by atoms with E-state index in [9.17, 15) is 18.0 Å². The second-order valence-electron chi connectivity index (χ2n) is 5.80. The van der Waals surface area contributed by atoms with Crippen LogP contribution in [0.15, 0.2) is 40.5 Å². The summed E-state index contributed by atoms with van der Waals surface area (Å²) in [5, 5.41) is 3.00. The Morgan fingerprint density at radius 1 is 1.35 bits per heavy atom. The fourth-order valence-electron chi connectivity index (χ4n) is 2.33. The van der Waals surface area contributed by atoms with Crippen LogP contribution >= 0.6 is 11.8 Å². The average Bonchev–Trinajstić information content (AvgIpc) is 3.09. The smallest absolute Gasteiger partial charge is 0.322 e. The Morgan fingerprint density at radius 3 is 2.85 bits per heavy atom. The van der Waals surface area contributed by atoms with Gasteiger partial charge in [0.15, 0.2) is 5.17 Å². The third-order valence-corrected chi connectivity index (χ3v) is 4.50. The van der Waals surface area contributed by atoms with Gasteiger partial charge in [0.1, 0.15) is 12.4 Å². The molecule has 0 unspecified atom stereocenters. The van der Waals surface area contributed by atoms with Gasteiger partial charge in [-0.15, -0.1) is 0 Å². The lowest BCUT2D eigenvalue weighted by molar-refractivity contribution is -0.140. The molecule has 1 aromatic heterocycles. The summed E-state index contributed by atoms with van der Waals surface area (Å²) in [5.74, 6) is -0.353. The summed E-state index contributed by atoms with van der Waals surface area (Å²) in [6, 6.07) is 5.79. The zero-order chi connectivity index (χ0) is 18.9. The summed E-state index contributed by atoms with van der Waals surface area (Å²) in [6.07, 6.45) is -0.547. The average molecular weight is 380 g/mol. The lowest BCUT2D eigenvalue weighted by Gasteiger charge is -2.08. The van der Waals surface area contributed by atoms with Crippen molar-refractivity contribution in [3.63, 3.8) is 0 Å². The number of thioether (sulfide) groups is 1. The lowest BCUT2D eigenvalue weighted by atomic mass is 10.1. The van der Waals surface area contributed by atoms with Gasteiger partial charge in [0, 0.05) is 18.5 Å². The maximum Gasteiger partial charge on any atom is 0.406 e. The first-order valence-electron chi connectivity index (χ1n) is 7.66. The van der Waals surface area contributed by atoms with Crippen molar-refractivity contribution in [1.82, 2.24) is 14.9 Å². The van der Waals surface area contributed by atoms with Crippen LogP contribution in [0.4, 0.5) is 18.9 Å². The van der Waals surface area contributed by atoms with Gasteiger partial charge in [-0.3, -0.25) is 4.79 Å². The molecule has 0 radical (unpaired) electrons. The Morgan fingerprint density at radius 2 is 2.12 bits per heavy atom. The highest BCUT2D eigenvalue weighted by Crippen LogP contribution is 2.29. The molecule has 2 heterocycles. The Hall–Kier alpha value is -2.55. The van der Waals surface area contributed by atoms with E-state index in [1.165, 1.54) is 18.5 Å². The summed E-state index contributed by atoms with van der Waals surface area (Å²) in [7, 11) is 0. The molecule has 5 nitrogen and oxygen atoms in total. The fraction of sp³-hybridized carbons (Fsp3) is 0.235. The van der Waals surface area contributed by atoms with E-state index in [2.05, 4.69) is 15.3 Å². The van der Waals surface area contributed by atoms with E-state index in [-0.39, 0.29) is 10.7 Å². The Labute approximate surface area is 152 Å². The molecule has 9 heteroatoms. The van der Waals surface area contributed by atoms with E-state index in [4.69, 9.17) is 0 Å². The zero-order valence-corrected chi connectivity index (χ0v) is 14.8. The van der Waals surface area contributed by atoms with Gasteiger partial charge in [-0.1, -0.05) is 12.1 Å². The van der Waals surface area contributed by atoms with Crippen LogP contribution in [0.2, 0.25) is 0 Å². The molecular formula is C17H15F3N4OS. The van der Waals surface area contributed by atoms with Gasteiger partial charge in [-0.25, -0.2) is 9.98 Å². The number of carbonyl (C=O) groups is 1. The molecule has 0 aliphatic carbocycles. The highest BCUT2D eigenvalue weighted by molar-refractivity contribution is 8.18. The second kappa shape index (κ2) is 6.99. The quantitative estimate of drug-likeness (QED) is 0.820. The van der Waals surface area contributed by atoms with Gasteiger partial charge in [0.25, 0.3) is 5.91 Å². The molecule has 1 aliphatic heterocycles. The SMILES string of the molecule is Cc1ccc(C)c(N=C2NC(=O)C(=Cc3nccn3CC(F)(F)F)S2)c1. The molecule has 3 rings (SSSR count). The second-order valence-corrected chi connectivity index (χ2v) is 6.83. The summed E-state index contributed by atoms with van der Waals surface area (Å²) < 4.78 is 38.7. The van der Waals surface area contributed by atoms with Gasteiger partial charge in [-0.05, 0) is 42.8 Å². The number of benzene rings is 1. The van der Waals surface area contributed by atoms with Crippen molar-refractivity contribution in [3.05, 3.63) is 52.4 Å². The normalized spacial score (nSPS) is 18.0. The molecule has 0 spiro atoms. The molecule has 1 aliphatic rings. The largest absolute Gasteiger partial charge is 0.406 e. The molecule has 1 aromatic carbocycles. The molecule has 0 saturated carbocycles. The van der Waals surface area contributed by atoms with E-state index in [1.54, 1.807) is 0 Å². The number of amidine groups is 1. The number of aromatic nitrogens is 2. The minimum absolute atomic E-state index is 0.0629. The van der Waals surface area contributed by atoms with Gasteiger partial charge in [-0.2, -0.15) is 13.2 Å². The van der Waals surface area contributed by atoms with Crippen LogP contribution in [-0.4, -0.2) is 26.8 Å². The van der Waals surface area contributed by atoms with E-state index in [1.807, 2.05) is 32.0 Å². The summed E-state index contributed by atoms with van der Waals surface area (Å²) in [6.45, 7) is 2.68. The first-order chi connectivity index (χ1) is 12.2. The van der Waals surface area contributed by atoms with E-state index in [0.717, 1.165) is 33.1 Å². The fourth-order valence-corrected chi connectivity index (χ4v) is 3.14. The van der Waals surface area contributed by atoms with E-state index >= 15 is 0 Å². The van der Waals surface area contributed by atoms with E-state index < -0.39 is 18.6 Å². The maximum atomic E-state index is 12.6. The molecule has 1 saturated heterocycles. The molecular weight excluding hydrogens is 365 g/mol. The number of nitrogens with zero attached hydrogens (tertiary/aromatic N) is 3. The number of alkyl halides is 3. The van der Waals surface area contributed by atoms with Crippen LogP contribution in [0.1, 0.15) is 17.0 Å². The molecule has 1 N–H and O–H groups in total. The summed E-state index contributed by atoms with van der Waals surface area (Å²) in [4.78, 5) is 20.7. The topological polar surface area (TPSA) is 59.3 Å². The van der Waals surface area contributed by atoms with Gasteiger partial charge < -0.3 is 9.88 Å². The monoisotopic (exact) mass is 380 g/mol. The molecule has 26 heavy (non-hydrogen) atoms. The predicted molar refractivity (Wildman–Crippen MR) is 95.0 cm³/mol. The molecule has 0 bridgehead atoms. The van der Waals surface area contributed by atoms with Gasteiger partial charge in [0.05, 0.1) is 10.6 Å². The highest BCUT2D eigenvalue weighted by atomic mass is 32.2. The molecule has 1 amide bonds. The highest BCUT2D eigenvalue weighted by Gasteiger charge is 2.29. The first-order valence-corrected chi connectivity index (χ1v) is 8.48. The number of amides is 1. The van der Waals surface area contributed by atoms with Crippen molar-refractivity contribution in [2.24, 2.45) is 4.99 Å². The minimum atomic E-state index is -4.37. The first kappa shape index (κ1) is 18.2. The lowest BCUT2D eigenvalue weighted by Crippen LogP contribution is -2.20. The number of nitrogens with one attached hydrogen (secondary N) is 1. The molecule has 0 atom stereocenters. The minimum Gasteiger partial charge on any atom is -0.322 e. The van der Waals surface area contributed by atoms with Gasteiger partial charge in [0.2, 0.25) is 0 Å². The molecule has 136 valence electrons. The third-order valence-electron chi connectivity index (χ3n) is 3.60. The third kappa shape index (κ3) is 4.34. The number of carbonyl (C=O) groups excluding carboxylic acids is 1. The summed E-state index contributed by atoms with van der Waals surface area (Å²) >= 11 is 1.07. The van der Waals surface area contributed by atoms with Crippen molar-refractivity contribution in [3.8, 4) is 0 Å². The number of hydrogen-bond donors (Lipinski definition) is 1. The number of imidazole rings is 1. The van der Waals surface area contributed by atoms with Crippen molar-refractivity contribution in [2.75, 3.05) is 0 Å². The molecule has 2 aromatic rings. The van der Waals surface area contributed by atoms with Crippen molar-refractivity contribution in [2.45, 2.75) is 26.6 Å². The Kier molecular flexibility index (Phi) is 4.90. The van der Waals surface area contributed by atoms with Crippen LogP contribution < -0.4 is 5.32 Å². The molecule has 1 fully saturated rings. The number of aryl methyl sites for hydroxylation is 2. The van der Waals surface area contributed by atoms with Crippen LogP contribution in [0.25, 0.3) is 6.08 Å². The maximum absolute atomic E-state index is 12.6. The standard InChI is InChI=1S/C17H15F3N4OS/c1-10-3-4-11(2)12(7-10)22-16-23-15(25)13(26-16)8-14-21-5-6-24(14)9-17(18,19)20/h3-8H,9H2,1-2H3,(H,22,23,25). The number of rotatable bonds is 3. The van der Waals surface area contributed by atoms with Crippen molar-refractivity contribution >= 4 is 34.6 Å². The number of halogens is 3. The van der Waals surface area contributed by atoms with Crippen LogP contribution in [0.5, 0.6) is 0 Å². The Bertz CT molecular complexity index is 915. The van der Waals surface area contributed by atoms with Crippen LogP contribution in [-0.2, 0) is 11.3 Å². The predicted octanol–water partition coefficient (Wildman–Crippen LogP) is 3.95. The number of hydrogen-bond acceptors (Lipinski definition) is 4. The number of aliphatic imine (C=N–C) groups is 1.